The lowest BCUT2D eigenvalue weighted by atomic mass is 10.3. The average Bonchev–Trinajstić information content (AvgIpc) is 2.53. The highest BCUT2D eigenvalue weighted by Crippen LogP contribution is 2.14. The Labute approximate surface area is 77.5 Å². The van der Waals surface area contributed by atoms with Gasteiger partial charge in [-0.1, -0.05) is 0 Å². The van der Waals surface area contributed by atoms with Crippen LogP contribution in [0.5, 0.6) is 0 Å². The third kappa shape index (κ3) is 1.75. The van der Waals surface area contributed by atoms with Gasteiger partial charge >= 0.3 is 0 Å². The minimum atomic E-state index is 0.633. The first-order valence-electron chi connectivity index (χ1n) is 4.50. The van der Waals surface area contributed by atoms with E-state index in [-0.39, 0.29) is 0 Å². The molecule has 5 heteroatoms. The van der Waals surface area contributed by atoms with Crippen LogP contribution in [-0.4, -0.2) is 48.3 Å². The number of nitrogens with zero attached hydrogens (tertiary/aromatic N) is 3. The maximum absolute atomic E-state index is 5.56. The Balaban J connectivity index is 2.02. The van der Waals surface area contributed by atoms with Gasteiger partial charge in [-0.2, -0.15) is 5.10 Å². The molecule has 72 valence electrons. The van der Waals surface area contributed by atoms with Crippen LogP contribution in [0.4, 0.5) is 11.6 Å². The molecule has 1 saturated heterocycles. The number of anilines is 2. The van der Waals surface area contributed by atoms with E-state index in [1.165, 1.54) is 0 Å². The molecule has 5 nitrogen and oxygen atoms in total. The van der Waals surface area contributed by atoms with Crippen LogP contribution >= 0.6 is 0 Å². The van der Waals surface area contributed by atoms with Crippen molar-refractivity contribution in [3.8, 4) is 0 Å². The highest BCUT2D eigenvalue weighted by molar-refractivity contribution is 5.47. The molecule has 0 bridgehead atoms. The molecule has 0 unspecified atom stereocenters. The summed E-state index contributed by atoms with van der Waals surface area (Å²) in [5, 5.41) is 6.87. The highest BCUT2D eigenvalue weighted by atomic mass is 15.3. The SMILES string of the molecule is CN1CCN(c2cc(N)[nH]n2)CC1. The van der Waals surface area contributed by atoms with E-state index in [0.717, 1.165) is 32.0 Å². The zero-order valence-electron chi connectivity index (χ0n) is 7.82. The van der Waals surface area contributed by atoms with Gasteiger partial charge in [0.15, 0.2) is 5.82 Å². The molecule has 1 aromatic heterocycles. The van der Waals surface area contributed by atoms with Crippen molar-refractivity contribution in [1.82, 2.24) is 15.1 Å². The second-order valence-electron chi connectivity index (χ2n) is 3.47. The minimum Gasteiger partial charge on any atom is -0.384 e. The van der Waals surface area contributed by atoms with Crippen LogP contribution in [0.15, 0.2) is 6.07 Å². The van der Waals surface area contributed by atoms with Crippen molar-refractivity contribution in [2.45, 2.75) is 0 Å². The van der Waals surface area contributed by atoms with Gasteiger partial charge in [0, 0.05) is 32.2 Å². The zero-order chi connectivity index (χ0) is 9.26. The lowest BCUT2D eigenvalue weighted by molar-refractivity contribution is 0.312. The zero-order valence-corrected chi connectivity index (χ0v) is 7.82. The van der Waals surface area contributed by atoms with E-state index < -0.39 is 0 Å². The first kappa shape index (κ1) is 8.37. The molecule has 1 aliphatic heterocycles. The monoisotopic (exact) mass is 181 g/mol. The molecule has 2 rings (SSSR count). The summed E-state index contributed by atoms with van der Waals surface area (Å²) < 4.78 is 0. The number of aromatic nitrogens is 2. The van der Waals surface area contributed by atoms with E-state index in [9.17, 15) is 0 Å². The second kappa shape index (κ2) is 3.26. The fourth-order valence-electron chi connectivity index (χ4n) is 1.52. The van der Waals surface area contributed by atoms with Crippen LogP contribution in [0.1, 0.15) is 0 Å². The number of aromatic amines is 1. The molecule has 0 saturated carbocycles. The summed E-state index contributed by atoms with van der Waals surface area (Å²) in [6, 6.07) is 1.88. The Morgan fingerprint density at radius 1 is 1.38 bits per heavy atom. The summed E-state index contributed by atoms with van der Waals surface area (Å²) >= 11 is 0. The van der Waals surface area contributed by atoms with Crippen molar-refractivity contribution in [3.63, 3.8) is 0 Å². The molecule has 0 aromatic carbocycles. The maximum Gasteiger partial charge on any atom is 0.152 e. The first-order valence-corrected chi connectivity index (χ1v) is 4.50. The highest BCUT2D eigenvalue weighted by Gasteiger charge is 2.15. The van der Waals surface area contributed by atoms with Gasteiger partial charge in [-0.25, -0.2) is 0 Å². The fraction of sp³-hybridized carbons (Fsp3) is 0.625. The van der Waals surface area contributed by atoms with Gasteiger partial charge in [0.2, 0.25) is 0 Å². The normalized spacial score (nSPS) is 19.3. The Bertz CT molecular complexity index is 274. The van der Waals surface area contributed by atoms with Crippen molar-refractivity contribution in [1.29, 1.82) is 0 Å². The molecule has 2 heterocycles. The molecule has 1 aliphatic rings. The fourth-order valence-corrected chi connectivity index (χ4v) is 1.52. The summed E-state index contributed by atoms with van der Waals surface area (Å²) in [7, 11) is 2.14. The number of piperazine rings is 1. The molecule has 1 fully saturated rings. The molecule has 0 amide bonds. The number of hydrogen-bond acceptors (Lipinski definition) is 4. The minimum absolute atomic E-state index is 0.633. The van der Waals surface area contributed by atoms with E-state index in [4.69, 9.17) is 5.73 Å². The van der Waals surface area contributed by atoms with Crippen LogP contribution in [0.2, 0.25) is 0 Å². The average molecular weight is 181 g/mol. The number of nitrogen functional groups attached to an aromatic ring is 1. The molecular weight excluding hydrogens is 166 g/mol. The predicted molar refractivity (Wildman–Crippen MR) is 52.7 cm³/mol. The maximum atomic E-state index is 5.56. The van der Waals surface area contributed by atoms with Crippen molar-refractivity contribution < 1.29 is 0 Å². The molecule has 0 aliphatic carbocycles. The number of nitrogens with one attached hydrogen (secondary N) is 1. The van der Waals surface area contributed by atoms with Crippen molar-refractivity contribution >= 4 is 11.6 Å². The summed E-state index contributed by atoms with van der Waals surface area (Å²) in [5.74, 6) is 1.60. The van der Waals surface area contributed by atoms with Gasteiger partial charge in [0.25, 0.3) is 0 Å². The third-order valence-electron chi connectivity index (χ3n) is 2.41. The number of hydrogen-bond donors (Lipinski definition) is 2. The van der Waals surface area contributed by atoms with Gasteiger partial charge in [0.05, 0.1) is 0 Å². The topological polar surface area (TPSA) is 61.2 Å². The molecule has 3 N–H and O–H groups in total. The summed E-state index contributed by atoms with van der Waals surface area (Å²) in [6.45, 7) is 4.24. The molecule has 0 atom stereocenters. The van der Waals surface area contributed by atoms with Gasteiger partial charge < -0.3 is 15.5 Å². The Morgan fingerprint density at radius 2 is 2.08 bits per heavy atom. The summed E-state index contributed by atoms with van der Waals surface area (Å²) in [4.78, 5) is 4.55. The van der Waals surface area contributed by atoms with Crippen LogP contribution < -0.4 is 10.6 Å². The largest absolute Gasteiger partial charge is 0.384 e. The number of nitrogens with two attached hydrogens (primary N) is 1. The molecule has 1 aromatic rings. The van der Waals surface area contributed by atoms with Crippen molar-refractivity contribution in [3.05, 3.63) is 6.07 Å². The van der Waals surface area contributed by atoms with E-state index in [1.54, 1.807) is 0 Å². The molecule has 0 radical (unpaired) electrons. The first-order chi connectivity index (χ1) is 6.25. The van der Waals surface area contributed by atoms with Crippen LogP contribution in [0, 0.1) is 0 Å². The number of rotatable bonds is 1. The van der Waals surface area contributed by atoms with Crippen molar-refractivity contribution in [2.24, 2.45) is 0 Å². The smallest absolute Gasteiger partial charge is 0.152 e. The predicted octanol–water partition coefficient (Wildman–Crippen LogP) is -0.256. The van der Waals surface area contributed by atoms with Crippen molar-refractivity contribution in [2.75, 3.05) is 43.9 Å². The van der Waals surface area contributed by atoms with Gasteiger partial charge in [-0.3, -0.25) is 5.10 Å². The second-order valence-corrected chi connectivity index (χ2v) is 3.47. The van der Waals surface area contributed by atoms with E-state index in [0.29, 0.717) is 5.82 Å². The number of H-pyrrole nitrogens is 1. The Morgan fingerprint density at radius 3 is 2.62 bits per heavy atom. The molecular formula is C8H15N5. The lowest BCUT2D eigenvalue weighted by Gasteiger charge is -2.32. The van der Waals surface area contributed by atoms with E-state index in [2.05, 4.69) is 27.0 Å². The standard InChI is InChI=1S/C8H15N5/c1-12-2-4-13(5-3-12)8-6-7(9)10-11-8/h6H,2-5H2,1H3,(H3,9,10,11). The van der Waals surface area contributed by atoms with Gasteiger partial charge in [-0.05, 0) is 7.05 Å². The van der Waals surface area contributed by atoms with Crippen LogP contribution in [0.25, 0.3) is 0 Å². The van der Waals surface area contributed by atoms with Crippen LogP contribution in [-0.2, 0) is 0 Å². The lowest BCUT2D eigenvalue weighted by Crippen LogP contribution is -2.44. The Hall–Kier alpha value is -1.23. The van der Waals surface area contributed by atoms with Gasteiger partial charge in [-0.15, -0.1) is 0 Å². The van der Waals surface area contributed by atoms with E-state index >= 15 is 0 Å². The van der Waals surface area contributed by atoms with Gasteiger partial charge in [0.1, 0.15) is 5.82 Å². The summed E-state index contributed by atoms with van der Waals surface area (Å²) in [6.07, 6.45) is 0. The summed E-state index contributed by atoms with van der Waals surface area (Å²) in [5.41, 5.74) is 5.56. The third-order valence-corrected chi connectivity index (χ3v) is 2.41. The molecule has 13 heavy (non-hydrogen) atoms. The van der Waals surface area contributed by atoms with E-state index in [1.807, 2.05) is 6.07 Å². The van der Waals surface area contributed by atoms with Crippen LogP contribution in [0.3, 0.4) is 0 Å². The quantitative estimate of drug-likeness (QED) is 0.627. The number of likely N-dealkylation sites (N-methyl/N-ethyl adjacent to an activating group) is 1. The molecule has 0 spiro atoms. The Kier molecular flexibility index (Phi) is 2.10.